The number of carboxylic acid groups (broad SMARTS) is 1. The van der Waals surface area contributed by atoms with Gasteiger partial charge in [-0.3, -0.25) is 4.90 Å². The van der Waals surface area contributed by atoms with Gasteiger partial charge in [0.1, 0.15) is 5.60 Å². The normalized spacial score (nSPS) is 25.5. The number of carbonyl (C=O) groups excluding carboxylic acids is 1. The van der Waals surface area contributed by atoms with Crippen LogP contribution >= 0.6 is 0 Å². The van der Waals surface area contributed by atoms with Gasteiger partial charge in [0.15, 0.2) is 6.10 Å². The van der Waals surface area contributed by atoms with E-state index < -0.39 is 23.8 Å². The molecule has 0 saturated carbocycles. The van der Waals surface area contributed by atoms with E-state index in [-0.39, 0.29) is 19.2 Å². The van der Waals surface area contributed by atoms with Gasteiger partial charge in [-0.25, -0.2) is 9.59 Å². The van der Waals surface area contributed by atoms with Crippen LogP contribution in [0.1, 0.15) is 27.7 Å². The van der Waals surface area contributed by atoms with Crippen molar-refractivity contribution in [1.29, 1.82) is 0 Å². The first-order valence-corrected chi connectivity index (χ1v) is 5.55. The van der Waals surface area contributed by atoms with Crippen LogP contribution in [0.3, 0.4) is 0 Å². The maximum absolute atomic E-state index is 11.8. The van der Waals surface area contributed by atoms with E-state index in [2.05, 4.69) is 0 Å². The number of morpholine rings is 1. The summed E-state index contributed by atoms with van der Waals surface area (Å²) >= 11 is 0. The van der Waals surface area contributed by atoms with Gasteiger partial charge in [0.2, 0.25) is 0 Å². The Morgan fingerprint density at radius 1 is 1.41 bits per heavy atom. The Kier molecular flexibility index (Phi) is 3.98. The van der Waals surface area contributed by atoms with Crippen molar-refractivity contribution in [2.45, 2.75) is 45.4 Å². The fraction of sp³-hybridized carbons (Fsp3) is 0.818. The molecule has 0 aromatic heterocycles. The molecule has 1 aliphatic heterocycles. The molecule has 1 rings (SSSR count). The number of amides is 1. The number of nitrogens with zero attached hydrogens (tertiary/aromatic N) is 1. The van der Waals surface area contributed by atoms with E-state index >= 15 is 0 Å². The van der Waals surface area contributed by atoms with Crippen molar-refractivity contribution >= 4 is 12.1 Å². The molecule has 1 saturated heterocycles. The first-order chi connectivity index (χ1) is 7.70. The Hall–Kier alpha value is -1.30. The number of carbonyl (C=O) groups is 2. The van der Waals surface area contributed by atoms with Gasteiger partial charge in [0, 0.05) is 0 Å². The van der Waals surface area contributed by atoms with E-state index in [9.17, 15) is 9.59 Å². The van der Waals surface area contributed by atoms with Crippen LogP contribution in [-0.2, 0) is 14.3 Å². The average Bonchev–Trinajstić information content (AvgIpc) is 2.14. The average molecular weight is 245 g/mol. The van der Waals surface area contributed by atoms with Gasteiger partial charge >= 0.3 is 12.1 Å². The number of hydrogen-bond acceptors (Lipinski definition) is 4. The maximum Gasteiger partial charge on any atom is 0.410 e. The summed E-state index contributed by atoms with van der Waals surface area (Å²) in [5.41, 5.74) is -0.589. The highest BCUT2D eigenvalue weighted by Gasteiger charge is 2.35. The number of hydrogen-bond donors (Lipinski definition) is 1. The van der Waals surface area contributed by atoms with Crippen molar-refractivity contribution in [3.05, 3.63) is 0 Å². The quantitative estimate of drug-likeness (QED) is 0.748. The van der Waals surface area contributed by atoms with Crippen molar-refractivity contribution in [1.82, 2.24) is 4.90 Å². The Labute approximate surface area is 100 Å². The van der Waals surface area contributed by atoms with Crippen molar-refractivity contribution in [3.63, 3.8) is 0 Å². The monoisotopic (exact) mass is 245 g/mol. The first kappa shape index (κ1) is 13.8. The molecule has 17 heavy (non-hydrogen) atoms. The lowest BCUT2D eigenvalue weighted by Gasteiger charge is -2.37. The molecule has 0 aromatic carbocycles. The molecule has 0 spiro atoms. The minimum absolute atomic E-state index is 0.0193. The summed E-state index contributed by atoms with van der Waals surface area (Å²) in [5.74, 6) is -1.06. The SMILES string of the molecule is CC1CO[C@@H](C(=O)O)CN1C(=O)OC(C)(C)C. The summed E-state index contributed by atoms with van der Waals surface area (Å²) in [4.78, 5) is 24.1. The highest BCUT2D eigenvalue weighted by atomic mass is 16.6. The third-order valence-electron chi connectivity index (χ3n) is 2.34. The van der Waals surface area contributed by atoms with Gasteiger partial charge in [-0.1, -0.05) is 0 Å². The molecule has 1 unspecified atom stereocenters. The van der Waals surface area contributed by atoms with Crippen molar-refractivity contribution in [2.24, 2.45) is 0 Å². The fourth-order valence-corrected chi connectivity index (χ4v) is 1.48. The van der Waals surface area contributed by atoms with Gasteiger partial charge in [-0.15, -0.1) is 0 Å². The highest BCUT2D eigenvalue weighted by molar-refractivity contribution is 5.75. The van der Waals surface area contributed by atoms with Gasteiger partial charge in [0.25, 0.3) is 0 Å². The molecule has 6 heteroatoms. The Bertz CT molecular complexity index is 309. The lowest BCUT2D eigenvalue weighted by atomic mass is 10.2. The van der Waals surface area contributed by atoms with Gasteiger partial charge in [-0.05, 0) is 27.7 Å². The van der Waals surface area contributed by atoms with Gasteiger partial charge in [-0.2, -0.15) is 0 Å². The molecule has 0 radical (unpaired) electrons. The maximum atomic E-state index is 11.8. The third-order valence-corrected chi connectivity index (χ3v) is 2.34. The first-order valence-electron chi connectivity index (χ1n) is 5.55. The molecular weight excluding hydrogens is 226 g/mol. The molecule has 1 aliphatic rings. The predicted octanol–water partition coefficient (Wildman–Crippen LogP) is 1.10. The third kappa shape index (κ3) is 3.89. The highest BCUT2D eigenvalue weighted by Crippen LogP contribution is 2.16. The van der Waals surface area contributed by atoms with Crippen molar-refractivity contribution in [2.75, 3.05) is 13.2 Å². The zero-order chi connectivity index (χ0) is 13.2. The molecule has 1 fully saturated rings. The van der Waals surface area contributed by atoms with Crippen LogP contribution in [0.5, 0.6) is 0 Å². The zero-order valence-electron chi connectivity index (χ0n) is 10.6. The smallest absolute Gasteiger partial charge is 0.410 e. The summed E-state index contributed by atoms with van der Waals surface area (Å²) in [7, 11) is 0. The second kappa shape index (κ2) is 4.91. The lowest BCUT2D eigenvalue weighted by molar-refractivity contribution is -0.158. The van der Waals surface area contributed by atoms with Crippen LogP contribution in [0.4, 0.5) is 4.79 Å². The number of ether oxygens (including phenoxy) is 2. The zero-order valence-corrected chi connectivity index (χ0v) is 10.6. The number of carboxylic acids is 1. The molecule has 0 aromatic rings. The van der Waals surface area contributed by atoms with Crippen LogP contribution in [0.25, 0.3) is 0 Å². The molecule has 1 heterocycles. The summed E-state index contributed by atoms with van der Waals surface area (Å²) in [6.45, 7) is 7.32. The molecule has 0 aliphatic carbocycles. The second-order valence-electron chi connectivity index (χ2n) is 5.14. The van der Waals surface area contributed by atoms with Crippen molar-refractivity contribution in [3.8, 4) is 0 Å². The molecule has 2 atom stereocenters. The standard InChI is InChI=1S/C11H19NO5/c1-7-6-16-8(9(13)14)5-12(7)10(15)17-11(2,3)4/h7-8H,5-6H2,1-4H3,(H,13,14)/t7?,8-/m1/s1. The number of aliphatic carboxylic acids is 1. The Morgan fingerprint density at radius 2 is 2.00 bits per heavy atom. The van der Waals surface area contributed by atoms with Gasteiger partial charge < -0.3 is 14.6 Å². The Morgan fingerprint density at radius 3 is 2.47 bits per heavy atom. The van der Waals surface area contributed by atoms with Crippen LogP contribution < -0.4 is 0 Å². The molecule has 1 N–H and O–H groups in total. The van der Waals surface area contributed by atoms with E-state index in [1.54, 1.807) is 27.7 Å². The van der Waals surface area contributed by atoms with E-state index in [4.69, 9.17) is 14.6 Å². The lowest BCUT2D eigenvalue weighted by Crippen LogP contribution is -2.54. The predicted molar refractivity (Wildman–Crippen MR) is 59.8 cm³/mol. The van der Waals surface area contributed by atoms with E-state index in [0.717, 1.165) is 0 Å². The largest absolute Gasteiger partial charge is 0.479 e. The molecule has 98 valence electrons. The van der Waals surface area contributed by atoms with Crippen LogP contribution in [0.15, 0.2) is 0 Å². The van der Waals surface area contributed by atoms with Crippen molar-refractivity contribution < 1.29 is 24.2 Å². The summed E-state index contributed by atoms with van der Waals surface area (Å²) in [6, 6.07) is -0.180. The molecule has 6 nitrogen and oxygen atoms in total. The second-order valence-corrected chi connectivity index (χ2v) is 5.14. The van der Waals surface area contributed by atoms with Crippen LogP contribution in [-0.4, -0.2) is 53.0 Å². The number of rotatable bonds is 1. The Balaban J connectivity index is 2.67. The van der Waals surface area contributed by atoms with E-state index in [1.807, 2.05) is 0 Å². The molecular formula is C11H19NO5. The summed E-state index contributed by atoms with van der Waals surface area (Å²) in [6.07, 6.45) is -1.47. The van der Waals surface area contributed by atoms with Gasteiger partial charge in [0.05, 0.1) is 19.2 Å². The fourth-order valence-electron chi connectivity index (χ4n) is 1.48. The van der Waals surface area contributed by atoms with E-state index in [1.165, 1.54) is 4.90 Å². The minimum Gasteiger partial charge on any atom is -0.479 e. The van der Waals surface area contributed by atoms with Crippen LogP contribution in [0.2, 0.25) is 0 Å². The van der Waals surface area contributed by atoms with Crippen LogP contribution in [0, 0.1) is 0 Å². The minimum atomic E-state index is -1.06. The summed E-state index contributed by atoms with van der Waals surface area (Å²) < 4.78 is 10.3. The molecule has 1 amide bonds. The topological polar surface area (TPSA) is 76.1 Å². The van der Waals surface area contributed by atoms with E-state index in [0.29, 0.717) is 0 Å². The molecule has 0 bridgehead atoms. The summed E-state index contributed by atoms with van der Waals surface area (Å²) in [5, 5.41) is 8.85.